The van der Waals surface area contributed by atoms with Crippen LogP contribution in [0, 0.1) is 11.8 Å². The van der Waals surface area contributed by atoms with Crippen LogP contribution >= 0.6 is 0 Å². The highest BCUT2D eigenvalue weighted by molar-refractivity contribution is 5.78. The Morgan fingerprint density at radius 1 is 1.29 bits per heavy atom. The quantitative estimate of drug-likeness (QED) is 0.508. The molecule has 0 spiro atoms. The van der Waals surface area contributed by atoms with Crippen LogP contribution in [0.1, 0.15) is 33.6 Å². The fourth-order valence-corrected chi connectivity index (χ4v) is 1.05. The lowest BCUT2D eigenvalue weighted by atomic mass is 9.94. The lowest BCUT2D eigenvalue weighted by Gasteiger charge is -2.12. The molecule has 0 saturated heterocycles. The number of aliphatic imine (C=N–C) groups is 1. The second-order valence-electron chi connectivity index (χ2n) is 4.12. The van der Waals surface area contributed by atoms with Crippen molar-refractivity contribution in [2.45, 2.75) is 33.6 Å². The molecule has 0 saturated carbocycles. The molecular weight excluding hydrogens is 174 g/mol. The van der Waals surface area contributed by atoms with E-state index in [-0.39, 0.29) is 5.88 Å². The summed E-state index contributed by atoms with van der Waals surface area (Å²) in [4.78, 5) is 3.71. The molecule has 80 valence electrons. The Balaban J connectivity index is 3.93. The van der Waals surface area contributed by atoms with Gasteiger partial charge in [0.05, 0.1) is 0 Å². The van der Waals surface area contributed by atoms with Crippen molar-refractivity contribution < 1.29 is 5.11 Å². The van der Waals surface area contributed by atoms with E-state index in [0.717, 1.165) is 17.9 Å². The number of allylic oxidation sites excluding steroid dienone is 1. The van der Waals surface area contributed by atoms with Gasteiger partial charge >= 0.3 is 0 Å². The van der Waals surface area contributed by atoms with Crippen LogP contribution in [-0.2, 0) is 0 Å². The maximum atomic E-state index is 8.77. The van der Waals surface area contributed by atoms with Crippen molar-refractivity contribution in [3.05, 3.63) is 24.6 Å². The lowest BCUT2D eigenvalue weighted by Crippen LogP contribution is -2.02. The van der Waals surface area contributed by atoms with Crippen molar-refractivity contribution in [1.82, 2.24) is 0 Å². The highest BCUT2D eigenvalue weighted by Gasteiger charge is 2.05. The van der Waals surface area contributed by atoms with Gasteiger partial charge in [-0.3, -0.25) is 0 Å². The molecule has 14 heavy (non-hydrogen) atoms. The highest BCUT2D eigenvalue weighted by Crippen LogP contribution is 2.17. The number of aliphatic hydroxyl groups is 1. The van der Waals surface area contributed by atoms with E-state index in [0.29, 0.717) is 5.92 Å². The lowest BCUT2D eigenvalue weighted by molar-refractivity contribution is 0.410. The molecule has 0 aromatic heterocycles. The van der Waals surface area contributed by atoms with Crippen LogP contribution in [0.4, 0.5) is 0 Å². The van der Waals surface area contributed by atoms with E-state index in [9.17, 15) is 0 Å². The molecule has 0 rings (SSSR count). The number of aliphatic hydroxyl groups excluding tert-OH is 1. The molecule has 1 atom stereocenters. The van der Waals surface area contributed by atoms with Crippen molar-refractivity contribution in [2.24, 2.45) is 16.8 Å². The normalized spacial score (nSPS) is 13.4. The predicted octanol–water partition coefficient (Wildman–Crippen LogP) is 3.71. The molecule has 0 amide bonds. The fraction of sp³-hybridized carbons (Fsp3) is 0.583. The van der Waals surface area contributed by atoms with Crippen LogP contribution in [0.25, 0.3) is 0 Å². The molecule has 1 N–H and O–H groups in total. The van der Waals surface area contributed by atoms with Crippen molar-refractivity contribution in [3.63, 3.8) is 0 Å². The maximum absolute atomic E-state index is 8.77. The molecule has 2 heteroatoms. The summed E-state index contributed by atoms with van der Waals surface area (Å²) < 4.78 is 0. The fourth-order valence-electron chi connectivity index (χ4n) is 1.05. The second-order valence-corrected chi connectivity index (χ2v) is 4.12. The van der Waals surface area contributed by atoms with Crippen molar-refractivity contribution in [3.8, 4) is 0 Å². The van der Waals surface area contributed by atoms with E-state index in [1.807, 2.05) is 0 Å². The molecule has 0 bridgehead atoms. The van der Waals surface area contributed by atoms with Gasteiger partial charge in [-0.1, -0.05) is 33.8 Å². The first kappa shape index (κ1) is 12.9. The first-order valence-electron chi connectivity index (χ1n) is 5.04. The van der Waals surface area contributed by atoms with Gasteiger partial charge in [-0.25, -0.2) is 4.99 Å². The Kier molecular flexibility index (Phi) is 5.93. The van der Waals surface area contributed by atoms with E-state index >= 15 is 0 Å². The summed E-state index contributed by atoms with van der Waals surface area (Å²) >= 11 is 0. The van der Waals surface area contributed by atoms with Gasteiger partial charge in [0.15, 0.2) is 0 Å². The van der Waals surface area contributed by atoms with E-state index < -0.39 is 0 Å². The Bertz CT molecular complexity index is 228. The van der Waals surface area contributed by atoms with Crippen LogP contribution in [0.15, 0.2) is 29.6 Å². The molecule has 2 nitrogen and oxygen atoms in total. The largest absolute Gasteiger partial charge is 0.494 e. The van der Waals surface area contributed by atoms with E-state index in [2.05, 4.69) is 38.9 Å². The molecule has 0 aromatic carbocycles. The Morgan fingerprint density at radius 2 is 1.86 bits per heavy atom. The van der Waals surface area contributed by atoms with Gasteiger partial charge in [-0.05, 0) is 30.4 Å². The first-order chi connectivity index (χ1) is 6.43. The van der Waals surface area contributed by atoms with Crippen molar-refractivity contribution in [2.75, 3.05) is 0 Å². The molecule has 0 aliphatic heterocycles. The Morgan fingerprint density at radius 3 is 2.29 bits per heavy atom. The minimum absolute atomic E-state index is 0.165. The standard InChI is InChI=1S/C12H21NO/c1-9(2)6-7-10(3)11(4)8-13-12(5)14/h8-10,14H,4-7H2,1-3H3/b13-8-. The second kappa shape index (κ2) is 6.41. The smallest absolute Gasteiger partial charge is 0.203 e. The summed E-state index contributed by atoms with van der Waals surface area (Å²) in [5.41, 5.74) is 0.945. The van der Waals surface area contributed by atoms with E-state index in [4.69, 9.17) is 5.11 Å². The monoisotopic (exact) mass is 195 g/mol. The average Bonchev–Trinajstić information content (AvgIpc) is 2.09. The number of hydrogen-bond acceptors (Lipinski definition) is 2. The van der Waals surface area contributed by atoms with Gasteiger partial charge in [0.2, 0.25) is 5.88 Å². The summed E-state index contributed by atoms with van der Waals surface area (Å²) in [6.45, 7) is 13.7. The third-order valence-electron chi connectivity index (χ3n) is 2.19. The summed E-state index contributed by atoms with van der Waals surface area (Å²) in [7, 11) is 0. The summed E-state index contributed by atoms with van der Waals surface area (Å²) in [5, 5.41) is 8.77. The molecule has 0 heterocycles. The number of rotatable bonds is 6. The third kappa shape index (κ3) is 6.46. The van der Waals surface area contributed by atoms with Crippen LogP contribution in [0.3, 0.4) is 0 Å². The predicted molar refractivity (Wildman–Crippen MR) is 62.6 cm³/mol. The minimum atomic E-state index is -0.165. The molecule has 1 unspecified atom stereocenters. The molecule has 0 aliphatic carbocycles. The zero-order valence-corrected chi connectivity index (χ0v) is 9.45. The van der Waals surface area contributed by atoms with Gasteiger partial charge < -0.3 is 5.11 Å². The number of hydrogen-bond donors (Lipinski definition) is 1. The topological polar surface area (TPSA) is 32.6 Å². The zero-order valence-electron chi connectivity index (χ0n) is 9.45. The van der Waals surface area contributed by atoms with Gasteiger partial charge in [-0.15, -0.1) is 0 Å². The zero-order chi connectivity index (χ0) is 11.1. The highest BCUT2D eigenvalue weighted by atomic mass is 16.3. The van der Waals surface area contributed by atoms with Crippen molar-refractivity contribution >= 4 is 6.21 Å². The van der Waals surface area contributed by atoms with Crippen LogP contribution in [0.5, 0.6) is 0 Å². The van der Waals surface area contributed by atoms with Gasteiger partial charge in [0.1, 0.15) is 0 Å². The molecule has 0 aromatic rings. The van der Waals surface area contributed by atoms with Gasteiger partial charge in [0, 0.05) is 6.21 Å². The number of nitrogens with zero attached hydrogens (tertiary/aromatic N) is 1. The van der Waals surface area contributed by atoms with Crippen LogP contribution < -0.4 is 0 Å². The van der Waals surface area contributed by atoms with Crippen LogP contribution in [-0.4, -0.2) is 11.3 Å². The summed E-state index contributed by atoms with van der Waals surface area (Å²) in [6, 6.07) is 0. The Hall–Kier alpha value is -1.05. The van der Waals surface area contributed by atoms with E-state index in [1.54, 1.807) is 6.21 Å². The maximum Gasteiger partial charge on any atom is 0.203 e. The first-order valence-corrected chi connectivity index (χ1v) is 5.04. The van der Waals surface area contributed by atoms with Gasteiger partial charge in [-0.2, -0.15) is 0 Å². The average molecular weight is 195 g/mol. The molecular formula is C12H21NO. The SMILES string of the molecule is C=C(O)/N=C\C(=C)C(C)CCC(C)C. The van der Waals surface area contributed by atoms with Crippen molar-refractivity contribution in [1.29, 1.82) is 0 Å². The minimum Gasteiger partial charge on any atom is -0.494 e. The Labute approximate surface area is 87.1 Å². The summed E-state index contributed by atoms with van der Waals surface area (Å²) in [5.74, 6) is 0.970. The van der Waals surface area contributed by atoms with Crippen LogP contribution in [0.2, 0.25) is 0 Å². The van der Waals surface area contributed by atoms with E-state index in [1.165, 1.54) is 6.42 Å². The molecule has 0 aliphatic rings. The summed E-state index contributed by atoms with van der Waals surface area (Å²) in [6.07, 6.45) is 3.89. The third-order valence-corrected chi connectivity index (χ3v) is 2.19. The molecule has 0 radical (unpaired) electrons. The molecule has 0 fully saturated rings. The van der Waals surface area contributed by atoms with Gasteiger partial charge in [0.25, 0.3) is 0 Å².